The van der Waals surface area contributed by atoms with Crippen LogP contribution in [0.3, 0.4) is 0 Å². The van der Waals surface area contributed by atoms with Gasteiger partial charge in [0.15, 0.2) is 0 Å². The van der Waals surface area contributed by atoms with Gasteiger partial charge < -0.3 is 5.11 Å². The zero-order chi connectivity index (χ0) is 14.7. The van der Waals surface area contributed by atoms with Gasteiger partial charge in [-0.2, -0.15) is 0 Å². The molecule has 0 radical (unpaired) electrons. The summed E-state index contributed by atoms with van der Waals surface area (Å²) in [6, 6.07) is 8.53. The third-order valence-corrected chi connectivity index (χ3v) is 3.19. The summed E-state index contributed by atoms with van der Waals surface area (Å²) in [5.41, 5.74) is 1.76. The van der Waals surface area contributed by atoms with Crippen molar-refractivity contribution in [3.63, 3.8) is 0 Å². The molecule has 5 heteroatoms. The molecule has 0 aliphatic heterocycles. The second kappa shape index (κ2) is 6.01. The maximum atomic E-state index is 13.8. The Kier molecular flexibility index (Phi) is 4.35. The monoisotopic (exact) mass is 293 g/mol. The number of hydrogen-bond acceptors (Lipinski definition) is 2. The number of carboxylic acids is 1. The van der Waals surface area contributed by atoms with Gasteiger partial charge in [0, 0.05) is 6.20 Å². The van der Waals surface area contributed by atoms with E-state index >= 15 is 0 Å². The number of halogens is 2. The summed E-state index contributed by atoms with van der Waals surface area (Å²) in [7, 11) is 0. The molecule has 0 spiro atoms. The van der Waals surface area contributed by atoms with E-state index in [0.29, 0.717) is 0 Å². The number of nitrogens with zero attached hydrogens (tertiary/aromatic N) is 1. The molecule has 0 saturated carbocycles. The summed E-state index contributed by atoms with van der Waals surface area (Å²) in [5, 5.41) is 9.46. The quantitative estimate of drug-likeness (QED) is 0.937. The van der Waals surface area contributed by atoms with Gasteiger partial charge in [-0.25, -0.2) is 4.39 Å². The van der Waals surface area contributed by atoms with Gasteiger partial charge in [-0.05, 0) is 25.0 Å². The van der Waals surface area contributed by atoms with Crippen molar-refractivity contribution in [1.29, 1.82) is 0 Å². The highest BCUT2D eigenvalue weighted by Crippen LogP contribution is 2.24. The molecular formula is C15H13ClFNO2. The van der Waals surface area contributed by atoms with E-state index in [1.165, 1.54) is 6.20 Å². The number of hydrogen-bond donors (Lipinski definition) is 1. The van der Waals surface area contributed by atoms with Crippen LogP contribution in [0.4, 0.5) is 4.39 Å². The van der Waals surface area contributed by atoms with Crippen LogP contribution in [0.1, 0.15) is 22.7 Å². The first-order chi connectivity index (χ1) is 9.47. The standard InChI is InChI=1S/C15H13ClFNO2/c1-9-3-2-4-10(5-9)6-12(15(19)20)14-13(17)7-11(16)8-18-14/h2-5,7-8,12H,6H2,1H3,(H,19,20). The minimum Gasteiger partial charge on any atom is -0.481 e. The molecule has 1 aromatic carbocycles. The van der Waals surface area contributed by atoms with Gasteiger partial charge in [0.1, 0.15) is 11.7 Å². The Morgan fingerprint density at radius 1 is 1.45 bits per heavy atom. The predicted octanol–water partition coefficient (Wildman–Crippen LogP) is 3.59. The molecule has 1 aromatic heterocycles. The molecule has 1 heterocycles. The Balaban J connectivity index is 2.34. The molecule has 2 rings (SSSR count). The third-order valence-electron chi connectivity index (χ3n) is 2.99. The van der Waals surface area contributed by atoms with Gasteiger partial charge >= 0.3 is 5.97 Å². The lowest BCUT2D eigenvalue weighted by atomic mass is 9.94. The SMILES string of the molecule is Cc1cccc(CC(C(=O)O)c2ncc(Cl)cc2F)c1. The van der Waals surface area contributed by atoms with Crippen LogP contribution in [0.25, 0.3) is 0 Å². The minimum absolute atomic E-state index is 0.0941. The van der Waals surface area contributed by atoms with Crippen LogP contribution in [-0.4, -0.2) is 16.1 Å². The van der Waals surface area contributed by atoms with Crippen molar-refractivity contribution in [2.24, 2.45) is 0 Å². The van der Waals surface area contributed by atoms with Crippen molar-refractivity contribution in [3.05, 3.63) is 64.2 Å². The molecule has 0 aliphatic carbocycles. The van der Waals surface area contributed by atoms with E-state index in [9.17, 15) is 14.3 Å². The van der Waals surface area contributed by atoms with Gasteiger partial charge in [-0.15, -0.1) is 0 Å². The fourth-order valence-corrected chi connectivity index (χ4v) is 2.20. The van der Waals surface area contributed by atoms with Crippen molar-refractivity contribution in [3.8, 4) is 0 Å². The summed E-state index contributed by atoms with van der Waals surface area (Å²) in [4.78, 5) is 15.2. The van der Waals surface area contributed by atoms with E-state index in [2.05, 4.69) is 4.98 Å². The Hall–Kier alpha value is -1.94. The normalized spacial score (nSPS) is 12.2. The third kappa shape index (κ3) is 3.33. The number of carbonyl (C=O) groups is 1. The first kappa shape index (κ1) is 14.5. The van der Waals surface area contributed by atoms with Gasteiger partial charge in [-0.1, -0.05) is 41.4 Å². The van der Waals surface area contributed by atoms with Crippen LogP contribution in [0.2, 0.25) is 5.02 Å². The van der Waals surface area contributed by atoms with E-state index in [4.69, 9.17) is 11.6 Å². The molecule has 2 aromatic rings. The van der Waals surface area contributed by atoms with Crippen LogP contribution < -0.4 is 0 Å². The molecule has 0 saturated heterocycles. The highest BCUT2D eigenvalue weighted by Gasteiger charge is 2.25. The molecule has 3 nitrogen and oxygen atoms in total. The number of pyridine rings is 1. The smallest absolute Gasteiger partial charge is 0.313 e. The number of aliphatic carboxylic acids is 1. The highest BCUT2D eigenvalue weighted by atomic mass is 35.5. The second-order valence-corrected chi connectivity index (χ2v) is 5.04. The minimum atomic E-state index is -1.11. The average molecular weight is 294 g/mol. The molecule has 1 atom stereocenters. The van der Waals surface area contributed by atoms with E-state index in [0.717, 1.165) is 17.2 Å². The average Bonchev–Trinajstić information content (AvgIpc) is 2.36. The number of benzene rings is 1. The van der Waals surface area contributed by atoms with E-state index in [1.807, 2.05) is 31.2 Å². The lowest BCUT2D eigenvalue weighted by Gasteiger charge is -2.13. The number of aromatic nitrogens is 1. The highest BCUT2D eigenvalue weighted by molar-refractivity contribution is 6.30. The first-order valence-electron chi connectivity index (χ1n) is 6.06. The summed E-state index contributed by atoms with van der Waals surface area (Å²) in [5.74, 6) is -2.84. The van der Waals surface area contributed by atoms with Crippen LogP contribution in [0.5, 0.6) is 0 Å². The molecular weight excluding hydrogens is 281 g/mol. The van der Waals surface area contributed by atoms with Crippen molar-refractivity contribution >= 4 is 17.6 Å². The predicted molar refractivity (Wildman–Crippen MR) is 74.5 cm³/mol. The Labute approximate surface area is 121 Å². The summed E-state index contributed by atoms with van der Waals surface area (Å²) in [6.45, 7) is 1.92. The number of carboxylic acid groups (broad SMARTS) is 1. The Morgan fingerprint density at radius 3 is 2.80 bits per heavy atom. The molecule has 1 unspecified atom stereocenters. The molecule has 1 N–H and O–H groups in total. The lowest BCUT2D eigenvalue weighted by Crippen LogP contribution is -2.17. The van der Waals surface area contributed by atoms with Crippen LogP contribution in [0, 0.1) is 12.7 Å². The zero-order valence-corrected chi connectivity index (χ0v) is 11.6. The van der Waals surface area contributed by atoms with E-state index in [-0.39, 0.29) is 17.1 Å². The van der Waals surface area contributed by atoms with Crippen molar-refractivity contribution < 1.29 is 14.3 Å². The Morgan fingerprint density at radius 2 is 2.20 bits per heavy atom. The summed E-state index contributed by atoms with van der Waals surface area (Å²) < 4.78 is 13.8. The second-order valence-electron chi connectivity index (χ2n) is 4.60. The molecule has 0 amide bonds. The van der Waals surface area contributed by atoms with Crippen LogP contribution >= 0.6 is 11.6 Å². The van der Waals surface area contributed by atoms with E-state index in [1.54, 1.807) is 0 Å². The van der Waals surface area contributed by atoms with E-state index < -0.39 is 17.7 Å². The number of rotatable bonds is 4. The fraction of sp³-hybridized carbons (Fsp3) is 0.200. The van der Waals surface area contributed by atoms with Gasteiger partial charge in [-0.3, -0.25) is 9.78 Å². The first-order valence-corrected chi connectivity index (χ1v) is 6.44. The molecule has 104 valence electrons. The van der Waals surface area contributed by atoms with Gasteiger partial charge in [0.2, 0.25) is 0 Å². The fourth-order valence-electron chi connectivity index (χ4n) is 2.06. The van der Waals surface area contributed by atoms with Crippen LogP contribution in [-0.2, 0) is 11.2 Å². The maximum Gasteiger partial charge on any atom is 0.313 e. The summed E-state index contributed by atoms with van der Waals surface area (Å²) in [6.07, 6.45) is 1.44. The molecule has 0 aliphatic rings. The zero-order valence-electron chi connectivity index (χ0n) is 10.8. The molecule has 0 bridgehead atoms. The molecule has 20 heavy (non-hydrogen) atoms. The Bertz CT molecular complexity index is 646. The van der Waals surface area contributed by atoms with Gasteiger partial charge in [0.05, 0.1) is 10.7 Å². The summed E-state index contributed by atoms with van der Waals surface area (Å²) >= 11 is 5.63. The largest absolute Gasteiger partial charge is 0.481 e. The topological polar surface area (TPSA) is 50.2 Å². The van der Waals surface area contributed by atoms with Crippen molar-refractivity contribution in [2.45, 2.75) is 19.3 Å². The lowest BCUT2D eigenvalue weighted by molar-refractivity contribution is -0.138. The van der Waals surface area contributed by atoms with Crippen molar-refractivity contribution in [1.82, 2.24) is 4.98 Å². The van der Waals surface area contributed by atoms with Crippen molar-refractivity contribution in [2.75, 3.05) is 0 Å². The number of aryl methyl sites for hydroxylation is 1. The molecule has 0 fully saturated rings. The van der Waals surface area contributed by atoms with Crippen LogP contribution in [0.15, 0.2) is 36.5 Å². The van der Waals surface area contributed by atoms with Gasteiger partial charge in [0.25, 0.3) is 0 Å². The maximum absolute atomic E-state index is 13.8.